The summed E-state index contributed by atoms with van der Waals surface area (Å²) in [5.74, 6) is -0.289. The van der Waals surface area contributed by atoms with E-state index in [1.54, 1.807) is 18.3 Å². The fraction of sp³-hybridized carbons (Fsp3) is 0.222. The maximum Gasteiger partial charge on any atom is 0.335 e. The van der Waals surface area contributed by atoms with Crippen LogP contribution in [-0.4, -0.2) is 27.7 Å². The fourth-order valence-corrected chi connectivity index (χ4v) is 2.96. The van der Waals surface area contributed by atoms with Gasteiger partial charge in [-0.15, -0.1) is 0 Å². The molecular formula is C18H17BrN2O3. The number of aromatic carboxylic acids is 1. The maximum atomic E-state index is 11.5. The van der Waals surface area contributed by atoms with Gasteiger partial charge < -0.3 is 14.8 Å². The average molecular weight is 389 g/mol. The minimum Gasteiger partial charge on any atom is -0.491 e. The number of nitrogens with zero attached hydrogens (tertiary/aromatic N) is 1. The van der Waals surface area contributed by atoms with Crippen LogP contribution < -0.4 is 4.74 Å². The summed E-state index contributed by atoms with van der Waals surface area (Å²) in [5.41, 5.74) is 1.33. The summed E-state index contributed by atoms with van der Waals surface area (Å²) in [5, 5.41) is 10.4. The molecule has 0 fully saturated rings. The number of aromatic amines is 1. The lowest BCUT2D eigenvalue weighted by atomic mass is 9.82. The Balaban J connectivity index is 1.85. The Labute approximate surface area is 147 Å². The minimum atomic E-state index is -0.944. The molecule has 0 saturated heterocycles. The highest BCUT2D eigenvalue weighted by Gasteiger charge is 2.27. The molecule has 1 aromatic carbocycles. The van der Waals surface area contributed by atoms with Gasteiger partial charge in [0.05, 0.1) is 18.4 Å². The summed E-state index contributed by atoms with van der Waals surface area (Å²) in [4.78, 5) is 18.8. The van der Waals surface area contributed by atoms with Crippen LogP contribution in [0.25, 0.3) is 11.0 Å². The molecule has 0 aliphatic rings. The molecule has 3 aromatic rings. The van der Waals surface area contributed by atoms with Gasteiger partial charge >= 0.3 is 5.97 Å². The van der Waals surface area contributed by atoms with E-state index in [2.05, 4.69) is 25.9 Å². The van der Waals surface area contributed by atoms with Crippen LogP contribution in [0.5, 0.6) is 5.75 Å². The van der Waals surface area contributed by atoms with Crippen LogP contribution in [0.2, 0.25) is 0 Å². The average Bonchev–Trinajstić information content (AvgIpc) is 3.00. The summed E-state index contributed by atoms with van der Waals surface area (Å²) in [6.45, 7) is 4.26. The highest BCUT2D eigenvalue weighted by atomic mass is 79.9. The lowest BCUT2D eigenvalue weighted by Crippen LogP contribution is -2.28. The monoisotopic (exact) mass is 388 g/mol. The van der Waals surface area contributed by atoms with Gasteiger partial charge in [0.25, 0.3) is 0 Å². The Morgan fingerprint density at radius 2 is 2.12 bits per heavy atom. The van der Waals surface area contributed by atoms with E-state index < -0.39 is 11.4 Å². The number of nitrogens with one attached hydrogen (secondary N) is 1. The van der Waals surface area contributed by atoms with Crippen molar-refractivity contribution in [3.05, 3.63) is 58.3 Å². The van der Waals surface area contributed by atoms with Crippen LogP contribution in [0.4, 0.5) is 0 Å². The van der Waals surface area contributed by atoms with Crippen molar-refractivity contribution in [2.75, 3.05) is 6.61 Å². The Bertz CT molecular complexity index is 902. The van der Waals surface area contributed by atoms with E-state index in [0.29, 0.717) is 12.4 Å². The summed E-state index contributed by atoms with van der Waals surface area (Å²) in [6.07, 6.45) is 3.49. The van der Waals surface area contributed by atoms with Crippen molar-refractivity contribution in [3.63, 3.8) is 0 Å². The quantitative estimate of drug-likeness (QED) is 0.679. The first-order valence-corrected chi connectivity index (χ1v) is 8.25. The number of H-pyrrole nitrogens is 1. The van der Waals surface area contributed by atoms with Crippen molar-refractivity contribution >= 4 is 32.9 Å². The molecule has 0 spiro atoms. The number of ether oxygens (including phenoxy) is 1. The molecular weight excluding hydrogens is 372 g/mol. The van der Waals surface area contributed by atoms with Crippen molar-refractivity contribution < 1.29 is 14.6 Å². The number of pyridine rings is 1. The van der Waals surface area contributed by atoms with Gasteiger partial charge in [-0.3, -0.25) is 0 Å². The number of carboxylic acid groups (broad SMARTS) is 1. The highest BCUT2D eigenvalue weighted by molar-refractivity contribution is 9.10. The number of carbonyl (C=O) groups is 1. The summed E-state index contributed by atoms with van der Waals surface area (Å²) in [6, 6.07) is 9.01. The van der Waals surface area contributed by atoms with Crippen LogP contribution in [0.15, 0.2) is 47.2 Å². The standard InChI is InChI=1S/C18H17BrN2O3/c1-18(2,15-8-12(19)3-4-14(15)17(22)23)10-24-13-7-11-5-6-20-16(11)21-9-13/h3-9H,10H2,1-2H3,(H,20,21)(H,22,23). The zero-order valence-electron chi connectivity index (χ0n) is 13.3. The van der Waals surface area contributed by atoms with Crippen molar-refractivity contribution in [1.82, 2.24) is 9.97 Å². The number of aromatic nitrogens is 2. The number of fused-ring (bicyclic) bond motifs is 1. The molecule has 24 heavy (non-hydrogen) atoms. The molecule has 0 bridgehead atoms. The summed E-state index contributed by atoms with van der Waals surface area (Å²) in [7, 11) is 0. The second-order valence-electron chi connectivity index (χ2n) is 6.25. The van der Waals surface area contributed by atoms with Crippen LogP contribution >= 0.6 is 15.9 Å². The highest BCUT2D eigenvalue weighted by Crippen LogP contribution is 2.30. The van der Waals surface area contributed by atoms with E-state index in [1.165, 1.54) is 0 Å². The third-order valence-corrected chi connectivity index (χ3v) is 4.41. The van der Waals surface area contributed by atoms with E-state index in [-0.39, 0.29) is 5.56 Å². The maximum absolute atomic E-state index is 11.5. The number of rotatable bonds is 5. The van der Waals surface area contributed by atoms with Crippen LogP contribution in [0.1, 0.15) is 29.8 Å². The largest absolute Gasteiger partial charge is 0.491 e. The van der Waals surface area contributed by atoms with E-state index in [9.17, 15) is 9.90 Å². The molecule has 2 aromatic heterocycles. The summed E-state index contributed by atoms with van der Waals surface area (Å²) >= 11 is 3.41. The Kier molecular flexibility index (Phi) is 4.32. The number of hydrogen-bond acceptors (Lipinski definition) is 3. The predicted octanol–water partition coefficient (Wildman–Crippen LogP) is 4.38. The smallest absolute Gasteiger partial charge is 0.335 e. The third kappa shape index (κ3) is 3.28. The topological polar surface area (TPSA) is 75.2 Å². The molecule has 5 nitrogen and oxygen atoms in total. The molecule has 2 N–H and O–H groups in total. The lowest BCUT2D eigenvalue weighted by Gasteiger charge is -2.27. The van der Waals surface area contributed by atoms with Gasteiger partial charge in [0.15, 0.2) is 0 Å². The van der Waals surface area contributed by atoms with Crippen LogP contribution in [0, 0.1) is 0 Å². The number of benzene rings is 1. The summed E-state index contributed by atoms with van der Waals surface area (Å²) < 4.78 is 6.73. The lowest BCUT2D eigenvalue weighted by molar-refractivity contribution is 0.0693. The number of hydrogen-bond donors (Lipinski definition) is 2. The van der Waals surface area contributed by atoms with Gasteiger partial charge in [-0.1, -0.05) is 29.8 Å². The molecule has 6 heteroatoms. The van der Waals surface area contributed by atoms with Crippen LogP contribution in [-0.2, 0) is 5.41 Å². The SMILES string of the molecule is CC(C)(COc1cnc2[nH]ccc2c1)c1cc(Br)ccc1C(=O)O. The Morgan fingerprint density at radius 3 is 2.88 bits per heavy atom. The molecule has 2 heterocycles. The van der Waals surface area contributed by atoms with E-state index in [0.717, 1.165) is 21.1 Å². The second-order valence-corrected chi connectivity index (χ2v) is 7.17. The zero-order valence-corrected chi connectivity index (χ0v) is 14.9. The van der Waals surface area contributed by atoms with Crippen molar-refractivity contribution in [2.45, 2.75) is 19.3 Å². The molecule has 0 saturated carbocycles. The van der Waals surface area contributed by atoms with Gasteiger partial charge in [-0.2, -0.15) is 0 Å². The van der Waals surface area contributed by atoms with Gasteiger partial charge in [0, 0.05) is 21.5 Å². The number of carboxylic acids is 1. The van der Waals surface area contributed by atoms with Crippen LogP contribution in [0.3, 0.4) is 0 Å². The van der Waals surface area contributed by atoms with Gasteiger partial charge in [-0.25, -0.2) is 9.78 Å². The minimum absolute atomic E-state index is 0.283. The Morgan fingerprint density at radius 1 is 1.33 bits per heavy atom. The first kappa shape index (κ1) is 16.5. The molecule has 0 atom stereocenters. The van der Waals surface area contributed by atoms with Gasteiger partial charge in [0.1, 0.15) is 11.4 Å². The Hall–Kier alpha value is -2.34. The van der Waals surface area contributed by atoms with Crippen molar-refractivity contribution in [1.29, 1.82) is 0 Å². The number of halogens is 1. The molecule has 124 valence electrons. The first-order chi connectivity index (χ1) is 11.4. The van der Waals surface area contributed by atoms with Gasteiger partial charge in [-0.05, 0) is 35.9 Å². The molecule has 0 aliphatic carbocycles. The molecule has 0 aliphatic heterocycles. The van der Waals surface area contributed by atoms with E-state index in [4.69, 9.17) is 4.74 Å². The molecule has 0 radical (unpaired) electrons. The molecule has 0 unspecified atom stereocenters. The first-order valence-electron chi connectivity index (χ1n) is 7.46. The van der Waals surface area contributed by atoms with Gasteiger partial charge in [0.2, 0.25) is 0 Å². The van der Waals surface area contributed by atoms with E-state index in [1.807, 2.05) is 38.2 Å². The molecule has 0 amide bonds. The third-order valence-electron chi connectivity index (χ3n) is 3.92. The second kappa shape index (κ2) is 6.28. The zero-order chi connectivity index (χ0) is 17.3. The van der Waals surface area contributed by atoms with Crippen molar-refractivity contribution in [3.8, 4) is 5.75 Å². The van der Waals surface area contributed by atoms with Crippen molar-refractivity contribution in [2.24, 2.45) is 0 Å². The predicted molar refractivity (Wildman–Crippen MR) is 95.7 cm³/mol. The van der Waals surface area contributed by atoms with E-state index >= 15 is 0 Å². The normalized spacial score (nSPS) is 11.6. The fourth-order valence-electron chi connectivity index (χ4n) is 2.60. The molecule has 3 rings (SSSR count).